The quantitative estimate of drug-likeness (QED) is 0.229. The van der Waals surface area contributed by atoms with Crippen LogP contribution < -0.4 is 4.90 Å². The molecule has 10 heteroatoms. The van der Waals surface area contributed by atoms with Crippen LogP contribution in [-0.2, 0) is 25.7 Å². The van der Waals surface area contributed by atoms with Crippen molar-refractivity contribution in [3.05, 3.63) is 107 Å². The van der Waals surface area contributed by atoms with Crippen LogP contribution in [0.1, 0.15) is 35.4 Å². The Morgan fingerprint density at radius 1 is 0.909 bits per heavy atom. The van der Waals surface area contributed by atoms with E-state index in [2.05, 4.69) is 0 Å². The zero-order valence-corrected chi connectivity index (χ0v) is 25.1. The molecule has 0 radical (unpaired) electrons. The number of halogens is 3. The fraction of sp³-hybridized carbons (Fsp3) is 0.294. The average Bonchev–Trinajstić information content (AvgIpc) is 3.33. The number of carbonyl (C=O) groups excluding carboxylic acids is 4. The molecule has 3 aromatic rings. The molecular formula is C34H27Cl2FN2O5. The zero-order chi connectivity index (χ0) is 31.1. The minimum atomic E-state index is -2.02. The minimum Gasteiger partial charge on any atom is -0.508 e. The molecule has 1 saturated carbocycles. The Morgan fingerprint density at radius 2 is 1.61 bits per heavy atom. The summed E-state index contributed by atoms with van der Waals surface area (Å²) in [6.45, 7) is 1.82. The molecular weight excluding hydrogens is 606 g/mol. The predicted molar refractivity (Wildman–Crippen MR) is 161 cm³/mol. The highest BCUT2D eigenvalue weighted by Crippen LogP contribution is 2.66. The minimum absolute atomic E-state index is 0.0365. The third-order valence-corrected chi connectivity index (χ3v) is 11.1. The summed E-state index contributed by atoms with van der Waals surface area (Å²) in [4.78, 5) is 54.5. The van der Waals surface area contributed by atoms with Gasteiger partial charge in [-0.25, -0.2) is 9.29 Å². The van der Waals surface area contributed by atoms with Gasteiger partial charge in [-0.1, -0.05) is 54.1 Å². The van der Waals surface area contributed by atoms with Crippen LogP contribution in [0.3, 0.4) is 0 Å². The van der Waals surface area contributed by atoms with E-state index in [9.17, 15) is 28.7 Å². The van der Waals surface area contributed by atoms with E-state index in [1.165, 1.54) is 23.1 Å². The summed E-state index contributed by atoms with van der Waals surface area (Å²) in [5, 5.41) is 10.3. The number of benzene rings is 3. The lowest BCUT2D eigenvalue weighted by Gasteiger charge is -2.50. The number of nitrogens with zero attached hydrogens (tertiary/aromatic N) is 2. The van der Waals surface area contributed by atoms with Gasteiger partial charge in [0.15, 0.2) is 9.75 Å². The summed E-state index contributed by atoms with van der Waals surface area (Å²) in [5.74, 6) is -5.76. The first-order valence-corrected chi connectivity index (χ1v) is 15.1. The van der Waals surface area contributed by atoms with Gasteiger partial charge in [-0.3, -0.25) is 24.1 Å². The van der Waals surface area contributed by atoms with Gasteiger partial charge >= 0.3 is 0 Å². The van der Waals surface area contributed by atoms with Crippen LogP contribution in [0.5, 0.6) is 5.75 Å². The van der Waals surface area contributed by atoms with Gasteiger partial charge in [0.05, 0.1) is 24.1 Å². The number of aromatic hydroxyl groups is 1. The van der Waals surface area contributed by atoms with E-state index < -0.39 is 51.1 Å². The smallest absolute Gasteiger partial charge is 0.258 e. The maximum absolute atomic E-state index is 14.4. The average molecular weight is 634 g/mol. The van der Waals surface area contributed by atoms with Crippen LogP contribution in [0.25, 0.3) is 0 Å². The standard InChI is InChI=1S/C34H27Cl2FN2O5/c1-18-15-20(7-14-26(18)40)28-23-12-13-24-27(30(42)38(29(24)41)17-19-5-3-2-4-6-19)25(23)16-33(35)31(43)39(32(44)34(28,33)36)22-10-8-21(37)9-11-22/h2-12,14-15,24-25,27-28,40H,13,16-17H2,1H3/t24-,25+,27-,28-,33+,34-/m0/s1. The van der Waals surface area contributed by atoms with E-state index in [-0.39, 0.29) is 42.6 Å². The molecule has 3 aromatic carbocycles. The highest BCUT2D eigenvalue weighted by atomic mass is 35.5. The molecule has 0 spiro atoms. The fourth-order valence-electron chi connectivity index (χ4n) is 7.62. The van der Waals surface area contributed by atoms with E-state index >= 15 is 0 Å². The van der Waals surface area contributed by atoms with Crippen molar-refractivity contribution < 1.29 is 28.7 Å². The Morgan fingerprint density at radius 3 is 2.30 bits per heavy atom. The molecule has 4 aliphatic rings. The molecule has 2 heterocycles. The molecule has 3 fully saturated rings. The summed E-state index contributed by atoms with van der Waals surface area (Å²) in [5.41, 5.74) is 2.64. The van der Waals surface area contributed by atoms with Crippen molar-refractivity contribution in [1.82, 2.24) is 4.90 Å². The van der Waals surface area contributed by atoms with Crippen LogP contribution in [0.2, 0.25) is 0 Å². The number of allylic oxidation sites excluding steroid dienone is 2. The maximum Gasteiger partial charge on any atom is 0.258 e. The van der Waals surface area contributed by atoms with Gasteiger partial charge in [0, 0.05) is 5.92 Å². The highest BCUT2D eigenvalue weighted by molar-refractivity contribution is 6.58. The number of phenolic OH excluding ortho intramolecular Hbond substituents is 1. The fourth-order valence-corrected chi connectivity index (χ4v) is 8.55. The molecule has 7 rings (SSSR count). The number of imide groups is 2. The SMILES string of the molecule is Cc1cc([C@H]2C3=CC[C@@H]4C(=O)N(Cc5ccccc5)C(=O)[C@@H]4[C@@H]3C[C@@]3(Cl)C(=O)N(c4ccc(F)cc4)C(=O)[C@@]23Cl)ccc1O. The summed E-state index contributed by atoms with van der Waals surface area (Å²) in [6.07, 6.45) is 1.97. The summed E-state index contributed by atoms with van der Waals surface area (Å²) < 4.78 is 13.8. The van der Waals surface area contributed by atoms with Gasteiger partial charge < -0.3 is 5.11 Å². The van der Waals surface area contributed by atoms with Crippen molar-refractivity contribution in [3.8, 4) is 5.75 Å². The highest BCUT2D eigenvalue weighted by Gasteiger charge is 2.76. The van der Waals surface area contributed by atoms with Crippen LogP contribution in [0.15, 0.2) is 84.4 Å². The number of fused-ring (bicyclic) bond motifs is 4. The van der Waals surface area contributed by atoms with Crippen molar-refractivity contribution >= 4 is 52.5 Å². The van der Waals surface area contributed by atoms with E-state index in [0.29, 0.717) is 16.7 Å². The van der Waals surface area contributed by atoms with E-state index in [1.54, 1.807) is 19.1 Å². The van der Waals surface area contributed by atoms with Gasteiger partial charge in [-0.2, -0.15) is 0 Å². The number of anilines is 1. The lowest BCUT2D eigenvalue weighted by Crippen LogP contribution is -2.60. The molecule has 2 aliphatic carbocycles. The first kappa shape index (κ1) is 28.7. The normalized spacial score (nSPS) is 31.1. The molecule has 1 N–H and O–H groups in total. The molecule has 2 saturated heterocycles. The molecule has 6 atom stereocenters. The van der Waals surface area contributed by atoms with Crippen LogP contribution in [-0.4, -0.2) is 43.4 Å². The number of carbonyl (C=O) groups is 4. The van der Waals surface area contributed by atoms with Crippen molar-refractivity contribution in [1.29, 1.82) is 0 Å². The van der Waals surface area contributed by atoms with Gasteiger partial charge in [0.25, 0.3) is 11.8 Å². The monoisotopic (exact) mass is 632 g/mol. The van der Waals surface area contributed by atoms with E-state index in [1.807, 2.05) is 36.4 Å². The first-order valence-electron chi connectivity index (χ1n) is 14.4. The van der Waals surface area contributed by atoms with Gasteiger partial charge in [-0.05, 0) is 72.7 Å². The lowest BCUT2D eigenvalue weighted by atomic mass is 9.56. The van der Waals surface area contributed by atoms with Crippen molar-refractivity contribution in [2.75, 3.05) is 4.90 Å². The number of likely N-dealkylation sites (tertiary alicyclic amines) is 1. The second-order valence-corrected chi connectivity index (χ2v) is 13.3. The predicted octanol–water partition coefficient (Wildman–Crippen LogP) is 5.60. The molecule has 0 unspecified atom stereocenters. The largest absolute Gasteiger partial charge is 0.508 e. The van der Waals surface area contributed by atoms with Crippen LogP contribution >= 0.6 is 23.2 Å². The summed E-state index contributed by atoms with van der Waals surface area (Å²) >= 11 is 14.7. The third kappa shape index (κ3) is 3.86. The lowest BCUT2D eigenvalue weighted by molar-refractivity contribution is -0.141. The van der Waals surface area contributed by atoms with Crippen molar-refractivity contribution in [3.63, 3.8) is 0 Å². The number of rotatable bonds is 4. The second-order valence-electron chi connectivity index (χ2n) is 12.0. The molecule has 7 nitrogen and oxygen atoms in total. The molecule has 0 aromatic heterocycles. The number of phenols is 1. The summed E-state index contributed by atoms with van der Waals surface area (Å²) in [7, 11) is 0. The molecule has 44 heavy (non-hydrogen) atoms. The Hall–Kier alpha value is -4.01. The Kier molecular flexibility index (Phi) is 6.54. The number of hydrogen-bond donors (Lipinski definition) is 1. The molecule has 0 bridgehead atoms. The van der Waals surface area contributed by atoms with Crippen molar-refractivity contribution in [2.45, 2.75) is 42.0 Å². The van der Waals surface area contributed by atoms with Gasteiger partial charge in [0.1, 0.15) is 11.6 Å². The Balaban J connectivity index is 1.37. The summed E-state index contributed by atoms with van der Waals surface area (Å²) in [6, 6.07) is 18.9. The first-order chi connectivity index (χ1) is 21.0. The second kappa shape index (κ2) is 10.0. The third-order valence-electron chi connectivity index (χ3n) is 9.72. The maximum atomic E-state index is 14.4. The van der Waals surface area contributed by atoms with Gasteiger partial charge in [0.2, 0.25) is 11.8 Å². The zero-order valence-electron chi connectivity index (χ0n) is 23.5. The van der Waals surface area contributed by atoms with Crippen LogP contribution in [0, 0.1) is 30.5 Å². The number of amides is 4. The molecule has 224 valence electrons. The number of alkyl halides is 2. The topological polar surface area (TPSA) is 95.0 Å². The Bertz CT molecular complexity index is 1780. The molecule has 2 aliphatic heterocycles. The van der Waals surface area contributed by atoms with Crippen molar-refractivity contribution in [2.24, 2.45) is 17.8 Å². The number of aryl methyl sites for hydroxylation is 1. The van der Waals surface area contributed by atoms with E-state index in [4.69, 9.17) is 23.2 Å². The van der Waals surface area contributed by atoms with Gasteiger partial charge in [-0.15, -0.1) is 23.2 Å². The molecule has 4 amide bonds. The van der Waals surface area contributed by atoms with E-state index in [0.717, 1.165) is 22.6 Å². The van der Waals surface area contributed by atoms with Crippen LogP contribution in [0.4, 0.5) is 10.1 Å². The Labute approximate surface area is 262 Å². The number of hydrogen-bond acceptors (Lipinski definition) is 5.